The van der Waals surface area contributed by atoms with Gasteiger partial charge in [0.25, 0.3) is 0 Å². The molecule has 2 aromatic rings. The number of benzene rings is 1. The molecule has 1 heterocycles. The first-order chi connectivity index (χ1) is 8.34. The predicted molar refractivity (Wildman–Crippen MR) is 67.6 cm³/mol. The molecule has 3 rings (SSSR count). The molecule has 0 saturated heterocycles. The van der Waals surface area contributed by atoms with Crippen LogP contribution < -0.4 is 5.32 Å². The quantitative estimate of drug-likeness (QED) is 0.871. The average Bonchev–Trinajstić information content (AvgIpc) is 2.93. The van der Waals surface area contributed by atoms with Gasteiger partial charge in [-0.15, -0.1) is 0 Å². The number of imidazole rings is 1. The van der Waals surface area contributed by atoms with Crippen molar-refractivity contribution in [3.8, 4) is 0 Å². The Balaban J connectivity index is 1.70. The number of aryl methyl sites for hydroxylation is 2. The highest BCUT2D eigenvalue weighted by atomic mass is 15.1. The maximum atomic E-state index is 4.33. The number of fused-ring (bicyclic) bond motifs is 1. The molecule has 0 bridgehead atoms. The molecule has 3 heteroatoms. The van der Waals surface area contributed by atoms with E-state index in [4.69, 9.17) is 0 Å². The van der Waals surface area contributed by atoms with E-state index in [1.807, 2.05) is 19.4 Å². The maximum absolute atomic E-state index is 4.33. The van der Waals surface area contributed by atoms with Crippen LogP contribution in [0.5, 0.6) is 0 Å². The monoisotopic (exact) mass is 227 g/mol. The van der Waals surface area contributed by atoms with Crippen molar-refractivity contribution in [3.05, 3.63) is 53.6 Å². The van der Waals surface area contributed by atoms with Crippen molar-refractivity contribution in [1.82, 2.24) is 14.9 Å². The predicted octanol–water partition coefficient (Wildman–Crippen LogP) is 2.20. The van der Waals surface area contributed by atoms with Gasteiger partial charge in [-0.05, 0) is 24.0 Å². The van der Waals surface area contributed by atoms with E-state index in [1.165, 1.54) is 24.0 Å². The summed E-state index contributed by atoms with van der Waals surface area (Å²) in [7, 11) is 2.03. The Morgan fingerprint density at radius 2 is 2.29 bits per heavy atom. The molecule has 0 aliphatic heterocycles. The second kappa shape index (κ2) is 4.34. The van der Waals surface area contributed by atoms with Crippen LogP contribution in [-0.2, 0) is 20.0 Å². The van der Waals surface area contributed by atoms with Gasteiger partial charge in [0.05, 0.1) is 6.54 Å². The third-order valence-corrected chi connectivity index (χ3v) is 3.56. The van der Waals surface area contributed by atoms with Crippen molar-refractivity contribution in [2.75, 3.05) is 0 Å². The fourth-order valence-corrected chi connectivity index (χ4v) is 2.55. The van der Waals surface area contributed by atoms with Gasteiger partial charge in [-0.1, -0.05) is 24.3 Å². The molecule has 1 unspecified atom stereocenters. The van der Waals surface area contributed by atoms with Crippen molar-refractivity contribution in [2.24, 2.45) is 7.05 Å². The highest BCUT2D eigenvalue weighted by molar-refractivity contribution is 5.34. The molecule has 0 amide bonds. The summed E-state index contributed by atoms with van der Waals surface area (Å²) in [6.07, 6.45) is 6.22. The summed E-state index contributed by atoms with van der Waals surface area (Å²) in [4.78, 5) is 4.33. The molecular weight excluding hydrogens is 210 g/mol. The topological polar surface area (TPSA) is 29.9 Å². The number of nitrogens with one attached hydrogen (secondary N) is 1. The SMILES string of the molecule is Cn1ccnc1CNC1CCc2ccccc21. The Bertz CT molecular complexity index is 516. The summed E-state index contributed by atoms with van der Waals surface area (Å²) < 4.78 is 2.06. The molecule has 0 saturated carbocycles. The maximum Gasteiger partial charge on any atom is 0.122 e. The van der Waals surface area contributed by atoms with E-state index in [0.29, 0.717) is 6.04 Å². The van der Waals surface area contributed by atoms with Crippen LogP contribution >= 0.6 is 0 Å². The Hall–Kier alpha value is -1.61. The Morgan fingerprint density at radius 1 is 1.41 bits per heavy atom. The van der Waals surface area contributed by atoms with Gasteiger partial charge in [0.2, 0.25) is 0 Å². The van der Waals surface area contributed by atoms with Crippen molar-refractivity contribution in [1.29, 1.82) is 0 Å². The summed E-state index contributed by atoms with van der Waals surface area (Å²) in [6, 6.07) is 9.21. The van der Waals surface area contributed by atoms with E-state index in [2.05, 4.69) is 39.1 Å². The number of hydrogen-bond donors (Lipinski definition) is 1. The summed E-state index contributed by atoms with van der Waals surface area (Å²) in [6.45, 7) is 0.836. The summed E-state index contributed by atoms with van der Waals surface area (Å²) in [5.41, 5.74) is 2.95. The smallest absolute Gasteiger partial charge is 0.122 e. The molecule has 1 aliphatic carbocycles. The molecule has 17 heavy (non-hydrogen) atoms. The van der Waals surface area contributed by atoms with Crippen LogP contribution in [0.25, 0.3) is 0 Å². The first kappa shape index (κ1) is 10.5. The van der Waals surface area contributed by atoms with Crippen molar-refractivity contribution in [2.45, 2.75) is 25.4 Å². The lowest BCUT2D eigenvalue weighted by Crippen LogP contribution is -2.20. The normalized spacial score (nSPS) is 18.3. The molecule has 1 N–H and O–H groups in total. The molecule has 0 radical (unpaired) electrons. The Labute approximate surface area is 101 Å². The molecule has 1 atom stereocenters. The zero-order valence-electron chi connectivity index (χ0n) is 10.1. The summed E-state index contributed by atoms with van der Waals surface area (Å²) in [5, 5.41) is 3.60. The van der Waals surface area contributed by atoms with Crippen LogP contribution in [0.2, 0.25) is 0 Å². The van der Waals surface area contributed by atoms with E-state index in [9.17, 15) is 0 Å². The minimum atomic E-state index is 0.489. The largest absolute Gasteiger partial charge is 0.337 e. The lowest BCUT2D eigenvalue weighted by molar-refractivity contribution is 0.512. The summed E-state index contributed by atoms with van der Waals surface area (Å²) in [5.74, 6) is 1.09. The second-order valence-corrected chi connectivity index (χ2v) is 4.63. The van der Waals surface area contributed by atoms with E-state index < -0.39 is 0 Å². The standard InChI is InChI=1S/C14H17N3/c1-17-9-8-15-14(17)10-16-13-7-6-11-4-2-3-5-12(11)13/h2-5,8-9,13,16H,6-7,10H2,1H3. The minimum absolute atomic E-state index is 0.489. The molecule has 1 aromatic carbocycles. The molecule has 1 aliphatic rings. The van der Waals surface area contributed by atoms with Gasteiger partial charge in [-0.2, -0.15) is 0 Å². The number of rotatable bonds is 3. The number of hydrogen-bond acceptors (Lipinski definition) is 2. The third kappa shape index (κ3) is 1.98. The Morgan fingerprint density at radius 3 is 3.12 bits per heavy atom. The number of nitrogens with zero attached hydrogens (tertiary/aromatic N) is 2. The van der Waals surface area contributed by atoms with Crippen LogP contribution in [-0.4, -0.2) is 9.55 Å². The average molecular weight is 227 g/mol. The molecule has 88 valence electrons. The van der Waals surface area contributed by atoms with Gasteiger partial charge in [-0.3, -0.25) is 0 Å². The molecule has 0 spiro atoms. The van der Waals surface area contributed by atoms with E-state index in [1.54, 1.807) is 0 Å². The van der Waals surface area contributed by atoms with Gasteiger partial charge in [0, 0.05) is 25.5 Å². The molecule has 1 aromatic heterocycles. The van der Waals surface area contributed by atoms with Gasteiger partial charge in [-0.25, -0.2) is 4.98 Å². The van der Waals surface area contributed by atoms with Crippen LogP contribution in [0.15, 0.2) is 36.7 Å². The van der Waals surface area contributed by atoms with Gasteiger partial charge >= 0.3 is 0 Å². The van der Waals surface area contributed by atoms with Crippen LogP contribution in [0, 0.1) is 0 Å². The first-order valence-corrected chi connectivity index (χ1v) is 6.12. The lowest BCUT2D eigenvalue weighted by Gasteiger charge is -2.13. The molecule has 0 fully saturated rings. The van der Waals surface area contributed by atoms with Crippen molar-refractivity contribution >= 4 is 0 Å². The molecule has 3 nitrogen and oxygen atoms in total. The fourth-order valence-electron chi connectivity index (χ4n) is 2.55. The summed E-state index contributed by atoms with van der Waals surface area (Å²) >= 11 is 0. The van der Waals surface area contributed by atoms with E-state index in [-0.39, 0.29) is 0 Å². The Kier molecular flexibility index (Phi) is 2.69. The number of aromatic nitrogens is 2. The van der Waals surface area contributed by atoms with E-state index in [0.717, 1.165) is 12.4 Å². The van der Waals surface area contributed by atoms with Gasteiger partial charge < -0.3 is 9.88 Å². The van der Waals surface area contributed by atoms with Crippen molar-refractivity contribution in [3.63, 3.8) is 0 Å². The lowest BCUT2D eigenvalue weighted by atomic mass is 10.1. The van der Waals surface area contributed by atoms with Crippen molar-refractivity contribution < 1.29 is 0 Å². The van der Waals surface area contributed by atoms with Crippen LogP contribution in [0.1, 0.15) is 29.4 Å². The highest BCUT2D eigenvalue weighted by Crippen LogP contribution is 2.30. The van der Waals surface area contributed by atoms with E-state index >= 15 is 0 Å². The van der Waals surface area contributed by atoms with Crippen LogP contribution in [0.3, 0.4) is 0 Å². The first-order valence-electron chi connectivity index (χ1n) is 6.12. The highest BCUT2D eigenvalue weighted by Gasteiger charge is 2.21. The zero-order chi connectivity index (χ0) is 11.7. The third-order valence-electron chi connectivity index (χ3n) is 3.56. The molecular formula is C14H17N3. The second-order valence-electron chi connectivity index (χ2n) is 4.63. The zero-order valence-corrected chi connectivity index (χ0v) is 10.1. The fraction of sp³-hybridized carbons (Fsp3) is 0.357. The minimum Gasteiger partial charge on any atom is -0.337 e. The van der Waals surface area contributed by atoms with Gasteiger partial charge in [0.1, 0.15) is 5.82 Å². The van der Waals surface area contributed by atoms with Crippen LogP contribution in [0.4, 0.5) is 0 Å². The van der Waals surface area contributed by atoms with Gasteiger partial charge in [0.15, 0.2) is 0 Å².